The van der Waals surface area contributed by atoms with Crippen LogP contribution in [0.4, 0.5) is 0 Å². The Morgan fingerprint density at radius 3 is 2.52 bits per heavy atom. The van der Waals surface area contributed by atoms with Crippen LogP contribution in [-0.2, 0) is 0 Å². The second-order valence-corrected chi connectivity index (χ2v) is 8.50. The van der Waals surface area contributed by atoms with Gasteiger partial charge in [-0.05, 0) is 42.0 Å². The highest BCUT2D eigenvalue weighted by atomic mass is 35.5. The predicted octanol–water partition coefficient (Wildman–Crippen LogP) is 5.63. The van der Waals surface area contributed by atoms with E-state index in [4.69, 9.17) is 23.2 Å². The highest BCUT2D eigenvalue weighted by molar-refractivity contribution is 8.05. The minimum atomic E-state index is -0.232. The van der Waals surface area contributed by atoms with Gasteiger partial charge in [-0.25, -0.2) is 4.79 Å². The SMILES string of the molecule is Cl.O=C1/C(=C/c2ccc(Cl)cc2Cl)Sc2scc(-c3ccc(O)c(O)c3)[n+]21. The molecule has 0 saturated carbocycles. The first-order valence-electron chi connectivity index (χ1n) is 7.39. The molecule has 138 valence electrons. The number of benzene rings is 2. The summed E-state index contributed by atoms with van der Waals surface area (Å²) in [6.45, 7) is 0. The fourth-order valence-corrected chi connectivity index (χ4v) is 5.19. The number of phenols is 2. The molecule has 0 amide bonds. The van der Waals surface area contributed by atoms with Crippen molar-refractivity contribution >= 4 is 70.7 Å². The molecule has 0 unspecified atom stereocenters. The summed E-state index contributed by atoms with van der Waals surface area (Å²) in [4.78, 5) is 13.4. The largest absolute Gasteiger partial charge is 0.504 e. The average molecular weight is 460 g/mol. The first-order valence-corrected chi connectivity index (χ1v) is 9.84. The Kier molecular flexibility index (Phi) is 5.74. The molecule has 0 aliphatic carbocycles. The molecule has 0 fully saturated rings. The summed E-state index contributed by atoms with van der Waals surface area (Å²) < 4.78 is 2.41. The van der Waals surface area contributed by atoms with Crippen molar-refractivity contribution in [1.82, 2.24) is 0 Å². The molecule has 2 N–H and O–H groups in total. The van der Waals surface area contributed by atoms with E-state index < -0.39 is 0 Å². The molecule has 9 heteroatoms. The Bertz CT molecular complexity index is 1100. The fourth-order valence-electron chi connectivity index (χ4n) is 2.55. The normalized spacial score (nSPS) is 14.3. The zero-order valence-corrected chi connectivity index (χ0v) is 17.3. The number of fused-ring (bicyclic) bond motifs is 1. The van der Waals surface area contributed by atoms with Crippen LogP contribution in [0.1, 0.15) is 10.4 Å². The van der Waals surface area contributed by atoms with E-state index in [1.165, 1.54) is 35.2 Å². The van der Waals surface area contributed by atoms with Crippen molar-refractivity contribution in [3.63, 3.8) is 0 Å². The smallest absolute Gasteiger partial charge is 0.433 e. The Morgan fingerprint density at radius 2 is 1.81 bits per heavy atom. The number of phenolic OH excluding ortho intramolecular Hbond substituents is 2. The van der Waals surface area contributed by atoms with E-state index in [1.54, 1.807) is 34.9 Å². The Morgan fingerprint density at radius 1 is 1.04 bits per heavy atom. The highest BCUT2D eigenvalue weighted by Gasteiger charge is 2.41. The quantitative estimate of drug-likeness (QED) is 0.296. The molecule has 1 aliphatic rings. The number of halogens is 3. The second-order valence-electron chi connectivity index (χ2n) is 5.51. The van der Waals surface area contributed by atoms with Gasteiger partial charge in [0.2, 0.25) is 5.69 Å². The molecule has 3 aromatic rings. The minimum Gasteiger partial charge on any atom is -0.504 e. The van der Waals surface area contributed by atoms with Crippen LogP contribution >= 0.6 is 58.7 Å². The number of thiazole rings is 1. The van der Waals surface area contributed by atoms with Gasteiger partial charge in [0.05, 0.1) is 10.9 Å². The summed E-state index contributed by atoms with van der Waals surface area (Å²) in [7, 11) is 0. The van der Waals surface area contributed by atoms with Gasteiger partial charge in [0, 0.05) is 21.8 Å². The van der Waals surface area contributed by atoms with E-state index in [2.05, 4.69) is 0 Å². The van der Waals surface area contributed by atoms with Crippen molar-refractivity contribution < 1.29 is 19.6 Å². The van der Waals surface area contributed by atoms with E-state index in [0.29, 0.717) is 31.8 Å². The number of rotatable bonds is 2. The maximum absolute atomic E-state index is 12.9. The van der Waals surface area contributed by atoms with Gasteiger partial charge in [0.25, 0.3) is 0 Å². The van der Waals surface area contributed by atoms with E-state index in [0.717, 1.165) is 4.34 Å². The lowest BCUT2D eigenvalue weighted by Crippen LogP contribution is -2.40. The lowest BCUT2D eigenvalue weighted by molar-refractivity contribution is -0.588. The standard InChI is InChI=1S/C18H9Cl2NO3S2.ClH/c19-11-3-1-9(12(20)7-11)6-16-17(24)21-13(8-25-18(21)26-16)10-2-4-14(22)15(23)5-10;/h1-8H,(H-,22,23);1H/p+1/b16-6-;. The molecule has 0 atom stereocenters. The van der Waals surface area contributed by atoms with E-state index >= 15 is 0 Å². The van der Waals surface area contributed by atoms with Crippen molar-refractivity contribution in [3.8, 4) is 22.8 Å². The Labute approximate surface area is 179 Å². The molecule has 27 heavy (non-hydrogen) atoms. The molecular weight excluding hydrogens is 449 g/mol. The third-order valence-corrected chi connectivity index (χ3v) is 6.52. The molecule has 0 bridgehead atoms. The van der Waals surface area contributed by atoms with Crippen molar-refractivity contribution in [3.05, 3.63) is 62.3 Å². The molecule has 0 saturated heterocycles. The Hall–Kier alpha value is -1.70. The third-order valence-electron chi connectivity index (χ3n) is 3.83. The summed E-state index contributed by atoms with van der Waals surface area (Å²) in [6, 6.07) is 9.60. The molecule has 2 heterocycles. The third kappa shape index (κ3) is 3.68. The molecule has 0 spiro atoms. The summed E-state index contributed by atoms with van der Waals surface area (Å²) in [5.41, 5.74) is 2.01. The predicted molar refractivity (Wildman–Crippen MR) is 111 cm³/mol. The molecule has 4 nitrogen and oxygen atoms in total. The van der Waals surface area contributed by atoms with Crippen LogP contribution in [0.15, 0.2) is 51.0 Å². The summed E-state index contributed by atoms with van der Waals surface area (Å²) >= 11 is 14.9. The topological polar surface area (TPSA) is 61.4 Å². The molecule has 0 radical (unpaired) electrons. The molecule has 1 aromatic heterocycles. The van der Waals surface area contributed by atoms with Gasteiger partial charge >= 0.3 is 10.2 Å². The number of hydrogen-bond donors (Lipinski definition) is 2. The molecule has 1 aliphatic heterocycles. The number of hydrogen-bond acceptors (Lipinski definition) is 5. The van der Waals surface area contributed by atoms with Crippen molar-refractivity contribution in [1.29, 1.82) is 0 Å². The van der Waals surface area contributed by atoms with Gasteiger partial charge in [0.1, 0.15) is 4.91 Å². The first-order chi connectivity index (χ1) is 12.4. The van der Waals surface area contributed by atoms with Gasteiger partial charge in [0.15, 0.2) is 11.5 Å². The van der Waals surface area contributed by atoms with Gasteiger partial charge in [-0.15, -0.1) is 17.0 Å². The van der Waals surface area contributed by atoms with Crippen LogP contribution in [0, 0.1) is 0 Å². The maximum Gasteiger partial charge on any atom is 0.433 e. The highest BCUT2D eigenvalue weighted by Crippen LogP contribution is 2.39. The van der Waals surface area contributed by atoms with Crippen LogP contribution in [0.3, 0.4) is 0 Å². The van der Waals surface area contributed by atoms with Crippen LogP contribution in [-0.4, -0.2) is 16.1 Å². The van der Waals surface area contributed by atoms with E-state index in [1.807, 2.05) is 5.38 Å². The van der Waals surface area contributed by atoms with Crippen molar-refractivity contribution in [2.24, 2.45) is 0 Å². The second kappa shape index (κ2) is 7.73. The lowest BCUT2D eigenvalue weighted by atomic mass is 10.1. The maximum atomic E-state index is 12.9. The number of nitrogens with zero attached hydrogens (tertiary/aromatic N) is 1. The fraction of sp³-hybridized carbons (Fsp3) is 0. The molecule has 4 rings (SSSR count). The number of aromatic nitrogens is 1. The Balaban J connectivity index is 0.00000210. The zero-order valence-electron chi connectivity index (χ0n) is 13.3. The van der Waals surface area contributed by atoms with Crippen LogP contribution in [0.5, 0.6) is 11.5 Å². The van der Waals surface area contributed by atoms with Crippen LogP contribution in [0.25, 0.3) is 17.3 Å². The zero-order chi connectivity index (χ0) is 18.4. The summed E-state index contributed by atoms with van der Waals surface area (Å²) in [5.74, 6) is -0.603. The monoisotopic (exact) mass is 458 g/mol. The minimum absolute atomic E-state index is 0. The van der Waals surface area contributed by atoms with Gasteiger partial charge in [-0.3, -0.25) is 0 Å². The average Bonchev–Trinajstić information content (AvgIpc) is 3.14. The van der Waals surface area contributed by atoms with Crippen LogP contribution in [0.2, 0.25) is 10.0 Å². The van der Waals surface area contributed by atoms with Crippen molar-refractivity contribution in [2.75, 3.05) is 0 Å². The molecular formula is C18H11Cl3NO3S2+. The van der Waals surface area contributed by atoms with Gasteiger partial charge in [-0.2, -0.15) is 0 Å². The summed E-state index contributed by atoms with van der Waals surface area (Å²) in [6.07, 6.45) is 1.74. The number of aromatic hydroxyl groups is 2. The van der Waals surface area contributed by atoms with Gasteiger partial charge < -0.3 is 10.2 Å². The number of carbonyl (C=O) groups is 1. The summed E-state index contributed by atoms with van der Waals surface area (Å²) in [5, 5.41) is 22.1. The van der Waals surface area contributed by atoms with Crippen molar-refractivity contribution in [2.45, 2.75) is 4.34 Å². The first kappa shape index (κ1) is 20.0. The van der Waals surface area contributed by atoms with Gasteiger partial charge in [-0.1, -0.05) is 40.6 Å². The van der Waals surface area contributed by atoms with E-state index in [9.17, 15) is 15.0 Å². The molecule has 2 aromatic carbocycles. The number of carbonyl (C=O) groups excluding carboxylic acids is 1. The van der Waals surface area contributed by atoms with Crippen LogP contribution < -0.4 is 4.57 Å². The number of allylic oxidation sites excluding steroid dienone is 1. The number of thioether (sulfide) groups is 1. The lowest BCUT2D eigenvalue weighted by Gasteiger charge is -2.00. The van der Waals surface area contributed by atoms with E-state index in [-0.39, 0.29) is 29.8 Å².